The van der Waals surface area contributed by atoms with Crippen LogP contribution < -0.4 is 16.8 Å². The van der Waals surface area contributed by atoms with Crippen LogP contribution in [0.5, 0.6) is 0 Å². The Morgan fingerprint density at radius 3 is 2.56 bits per heavy atom. The maximum absolute atomic E-state index is 11.5. The molecule has 6 N–H and O–H groups in total. The average Bonchev–Trinajstić information content (AvgIpc) is 2.29. The van der Waals surface area contributed by atoms with Gasteiger partial charge >= 0.3 is 0 Å². The number of nitrogens with one attached hydrogen (secondary N) is 2. The zero-order valence-electron chi connectivity index (χ0n) is 9.93. The van der Waals surface area contributed by atoms with E-state index in [4.69, 9.17) is 16.9 Å². The fourth-order valence-electron chi connectivity index (χ4n) is 1.12. The van der Waals surface area contributed by atoms with Gasteiger partial charge in [0.25, 0.3) is 0 Å². The predicted octanol–water partition coefficient (Wildman–Crippen LogP) is 0.875. The number of anilines is 1. The van der Waals surface area contributed by atoms with Crippen LogP contribution in [0.1, 0.15) is 5.56 Å². The summed E-state index contributed by atoms with van der Waals surface area (Å²) in [7, 11) is 0. The lowest BCUT2D eigenvalue weighted by Crippen LogP contribution is -2.24. The molecule has 18 heavy (non-hydrogen) atoms. The van der Waals surface area contributed by atoms with E-state index in [2.05, 4.69) is 10.3 Å². The number of hydrogen-bond acceptors (Lipinski definition) is 3. The Hall–Kier alpha value is -2.02. The van der Waals surface area contributed by atoms with Crippen molar-refractivity contribution in [2.24, 2.45) is 16.5 Å². The van der Waals surface area contributed by atoms with Crippen molar-refractivity contribution in [3.63, 3.8) is 0 Å². The van der Waals surface area contributed by atoms with Crippen LogP contribution in [-0.4, -0.2) is 22.8 Å². The van der Waals surface area contributed by atoms with E-state index < -0.39 is 0 Å². The Kier molecular flexibility index (Phi) is 5.19. The fourth-order valence-corrected chi connectivity index (χ4v) is 1.63. The molecule has 1 rings (SSSR count). The summed E-state index contributed by atoms with van der Waals surface area (Å²) in [5.74, 6) is -0.311. The largest absolute Gasteiger partial charge is 0.370 e. The van der Waals surface area contributed by atoms with Gasteiger partial charge in [0.2, 0.25) is 5.91 Å². The molecule has 0 spiro atoms. The number of thioether (sulfide) groups is 1. The first kappa shape index (κ1) is 14.0. The number of rotatable bonds is 3. The third-order valence-corrected chi connectivity index (χ3v) is 2.68. The van der Waals surface area contributed by atoms with Gasteiger partial charge in [-0.15, -0.1) is 0 Å². The van der Waals surface area contributed by atoms with Crippen LogP contribution in [0, 0.1) is 12.3 Å². The van der Waals surface area contributed by atoms with Crippen LogP contribution >= 0.6 is 11.8 Å². The number of carbonyl (C=O) groups excluding carboxylic acids is 1. The van der Waals surface area contributed by atoms with Crippen molar-refractivity contribution in [1.82, 2.24) is 0 Å². The molecule has 7 heteroatoms. The fraction of sp³-hybridized carbons (Fsp3) is 0.182. The number of nitrogens with two attached hydrogens (primary N) is 2. The normalized spacial score (nSPS) is 9.61. The molecule has 0 atom stereocenters. The topological polar surface area (TPSA) is 117 Å². The zero-order valence-corrected chi connectivity index (χ0v) is 10.8. The second-order valence-corrected chi connectivity index (χ2v) is 4.51. The van der Waals surface area contributed by atoms with Crippen molar-refractivity contribution < 1.29 is 4.79 Å². The minimum atomic E-state index is -0.209. The van der Waals surface area contributed by atoms with E-state index in [1.54, 1.807) is 0 Å². The highest BCUT2D eigenvalue weighted by Gasteiger charge is 2.05. The smallest absolute Gasteiger partial charge is 0.234 e. The van der Waals surface area contributed by atoms with Gasteiger partial charge in [0.15, 0.2) is 11.1 Å². The van der Waals surface area contributed by atoms with Gasteiger partial charge in [0.1, 0.15) is 0 Å². The summed E-state index contributed by atoms with van der Waals surface area (Å²) < 4.78 is 0. The van der Waals surface area contributed by atoms with Crippen molar-refractivity contribution >= 4 is 34.5 Å². The van der Waals surface area contributed by atoms with Crippen molar-refractivity contribution in [2.75, 3.05) is 11.1 Å². The maximum Gasteiger partial charge on any atom is 0.234 e. The average molecular weight is 265 g/mol. The van der Waals surface area contributed by atoms with Crippen molar-refractivity contribution in [1.29, 1.82) is 5.41 Å². The lowest BCUT2D eigenvalue weighted by atomic mass is 10.2. The molecule has 0 aliphatic rings. The summed E-state index contributed by atoms with van der Waals surface area (Å²) in [6.07, 6.45) is 0. The molecule has 0 saturated carbocycles. The van der Waals surface area contributed by atoms with Gasteiger partial charge in [-0.2, -0.15) is 4.99 Å². The molecule has 6 nitrogen and oxygen atoms in total. The van der Waals surface area contributed by atoms with Gasteiger partial charge in [0, 0.05) is 5.69 Å². The number of amidine groups is 1. The predicted molar refractivity (Wildman–Crippen MR) is 75.8 cm³/mol. The molecule has 0 radical (unpaired) electrons. The third kappa shape index (κ3) is 5.35. The number of aliphatic imine (C=N–C) groups is 1. The summed E-state index contributed by atoms with van der Waals surface area (Å²) in [5.41, 5.74) is 12.1. The molecule has 1 aromatic rings. The quantitative estimate of drug-likeness (QED) is 0.479. The van der Waals surface area contributed by atoms with Crippen molar-refractivity contribution in [2.45, 2.75) is 6.92 Å². The second-order valence-electron chi connectivity index (χ2n) is 3.54. The van der Waals surface area contributed by atoms with E-state index in [-0.39, 0.29) is 22.8 Å². The number of hydrogen-bond donors (Lipinski definition) is 4. The first-order valence-electron chi connectivity index (χ1n) is 5.15. The van der Waals surface area contributed by atoms with Gasteiger partial charge in [-0.3, -0.25) is 10.2 Å². The molecule has 0 aromatic heterocycles. The van der Waals surface area contributed by atoms with Crippen LogP contribution in [-0.2, 0) is 4.79 Å². The van der Waals surface area contributed by atoms with Gasteiger partial charge in [0.05, 0.1) is 5.75 Å². The molecule has 0 bridgehead atoms. The minimum absolute atomic E-state index is 0.0868. The number of nitrogens with zero attached hydrogens (tertiary/aromatic N) is 1. The number of benzene rings is 1. The Bertz CT molecular complexity index is 465. The standard InChI is InChI=1S/C11H15N5OS/c1-7-2-4-8(5-3-7)15-9(17)6-18-11(14)16-10(12)13/h2-5H,6H2,1H3,(H,15,17)(H5,12,13,14,16). The summed E-state index contributed by atoms with van der Waals surface area (Å²) in [5, 5.41) is 9.98. The molecular formula is C11H15N5OS. The van der Waals surface area contributed by atoms with Crippen LogP contribution in [0.2, 0.25) is 0 Å². The lowest BCUT2D eigenvalue weighted by Gasteiger charge is -2.04. The van der Waals surface area contributed by atoms with E-state index in [9.17, 15) is 4.79 Å². The minimum Gasteiger partial charge on any atom is -0.370 e. The van der Waals surface area contributed by atoms with Gasteiger partial charge in [-0.1, -0.05) is 29.5 Å². The summed E-state index contributed by atoms with van der Waals surface area (Å²) in [6, 6.07) is 7.45. The highest BCUT2D eigenvalue weighted by molar-refractivity contribution is 8.14. The zero-order chi connectivity index (χ0) is 13.5. The molecule has 0 unspecified atom stereocenters. The number of guanidine groups is 1. The highest BCUT2D eigenvalue weighted by Crippen LogP contribution is 2.10. The summed E-state index contributed by atoms with van der Waals surface area (Å²) in [6.45, 7) is 1.97. The molecule has 0 heterocycles. The van der Waals surface area contributed by atoms with Gasteiger partial charge < -0.3 is 16.8 Å². The van der Waals surface area contributed by atoms with Crippen molar-refractivity contribution in [3.05, 3.63) is 29.8 Å². The van der Waals surface area contributed by atoms with E-state index in [1.807, 2.05) is 31.2 Å². The molecule has 0 aliphatic heterocycles. The Morgan fingerprint density at radius 1 is 1.39 bits per heavy atom. The van der Waals surface area contributed by atoms with E-state index in [0.717, 1.165) is 23.0 Å². The molecule has 0 fully saturated rings. The summed E-state index contributed by atoms with van der Waals surface area (Å²) >= 11 is 0.959. The Morgan fingerprint density at radius 2 is 2.00 bits per heavy atom. The molecular weight excluding hydrogens is 250 g/mol. The number of amides is 1. The summed E-state index contributed by atoms with van der Waals surface area (Å²) in [4.78, 5) is 15.1. The molecule has 0 saturated heterocycles. The van der Waals surface area contributed by atoms with E-state index in [0.29, 0.717) is 0 Å². The monoisotopic (exact) mass is 265 g/mol. The van der Waals surface area contributed by atoms with Gasteiger partial charge in [-0.25, -0.2) is 0 Å². The van der Waals surface area contributed by atoms with E-state index in [1.165, 1.54) is 0 Å². The Labute approximate surface area is 109 Å². The highest BCUT2D eigenvalue weighted by atomic mass is 32.2. The first-order valence-corrected chi connectivity index (χ1v) is 6.13. The molecule has 1 amide bonds. The third-order valence-electron chi connectivity index (χ3n) is 1.91. The molecule has 0 aliphatic carbocycles. The first-order chi connectivity index (χ1) is 8.47. The van der Waals surface area contributed by atoms with E-state index >= 15 is 0 Å². The lowest BCUT2D eigenvalue weighted by molar-refractivity contribution is -0.113. The number of aryl methyl sites for hydroxylation is 1. The van der Waals surface area contributed by atoms with Gasteiger partial charge in [-0.05, 0) is 19.1 Å². The van der Waals surface area contributed by atoms with Crippen LogP contribution in [0.3, 0.4) is 0 Å². The van der Waals surface area contributed by atoms with Crippen LogP contribution in [0.15, 0.2) is 29.3 Å². The molecule has 1 aromatic carbocycles. The second kappa shape index (κ2) is 6.65. The SMILES string of the molecule is Cc1ccc(NC(=O)CSC(=N)N=C(N)N)cc1. The maximum atomic E-state index is 11.5. The van der Waals surface area contributed by atoms with Crippen molar-refractivity contribution in [3.8, 4) is 0 Å². The van der Waals surface area contributed by atoms with Crippen LogP contribution in [0.25, 0.3) is 0 Å². The number of carbonyl (C=O) groups is 1. The Balaban J connectivity index is 2.40. The molecule has 96 valence electrons. The van der Waals surface area contributed by atoms with Crippen LogP contribution in [0.4, 0.5) is 5.69 Å².